The van der Waals surface area contributed by atoms with E-state index < -0.39 is 17.3 Å². The van der Waals surface area contributed by atoms with E-state index in [2.05, 4.69) is 34.9 Å². The maximum Gasteiger partial charge on any atom is 0.336 e. The van der Waals surface area contributed by atoms with Crippen molar-refractivity contribution in [1.82, 2.24) is 39.8 Å². The summed E-state index contributed by atoms with van der Waals surface area (Å²) in [4.78, 5) is 60.6. The minimum absolute atomic E-state index is 0.00199. The monoisotopic (exact) mass is 763 g/mol. The predicted octanol–water partition coefficient (Wildman–Crippen LogP) is 5.32. The van der Waals surface area contributed by atoms with Crippen LogP contribution in [0.1, 0.15) is 47.4 Å². The molecule has 5 aromatic rings. The van der Waals surface area contributed by atoms with Crippen molar-refractivity contribution in [2.75, 3.05) is 44.9 Å². The average molecular weight is 764 g/mol. The van der Waals surface area contributed by atoms with Crippen LogP contribution in [0.2, 0.25) is 5.02 Å². The third kappa shape index (κ3) is 7.32. The molecule has 1 aliphatic carbocycles. The minimum atomic E-state index is -0.708. The number of carbonyl (C=O) groups is 2. The van der Waals surface area contributed by atoms with Gasteiger partial charge in [-0.15, -0.1) is 0 Å². The van der Waals surface area contributed by atoms with E-state index in [-0.39, 0.29) is 34.8 Å². The first-order chi connectivity index (χ1) is 26.6. The largest absolute Gasteiger partial charge is 0.467 e. The SMILES string of the molecule is COc1nc(N2CCN(C(=O)/C=C/c3ccnc(C)n3)C3(COC3)C2)c2cnc(-c3cc(OC(=O)/C=C/c4ccnc(C)n4)cc(Cl)c3C3CC3)c(F)c2n1. The van der Waals surface area contributed by atoms with Gasteiger partial charge in [-0.1, -0.05) is 11.6 Å². The fourth-order valence-corrected chi connectivity index (χ4v) is 7.31. The van der Waals surface area contributed by atoms with E-state index in [4.69, 9.17) is 25.8 Å². The molecule has 1 spiro atoms. The summed E-state index contributed by atoms with van der Waals surface area (Å²) in [5.41, 5.74) is 1.65. The number of methoxy groups -OCH3 is 1. The second-order valence-electron chi connectivity index (χ2n) is 13.6. The number of pyridine rings is 1. The zero-order valence-electron chi connectivity index (χ0n) is 30.2. The Labute approximate surface area is 320 Å². The second-order valence-corrected chi connectivity index (χ2v) is 14.0. The highest BCUT2D eigenvalue weighted by molar-refractivity contribution is 6.32. The van der Waals surface area contributed by atoms with Gasteiger partial charge in [0.1, 0.15) is 40.0 Å². The van der Waals surface area contributed by atoms with Crippen molar-refractivity contribution in [2.24, 2.45) is 0 Å². The van der Waals surface area contributed by atoms with Gasteiger partial charge in [-0.05, 0) is 74.6 Å². The number of fused-ring (bicyclic) bond motifs is 1. The van der Waals surface area contributed by atoms with Crippen LogP contribution in [0.25, 0.3) is 34.3 Å². The molecule has 1 aromatic carbocycles. The van der Waals surface area contributed by atoms with Crippen molar-refractivity contribution in [3.8, 4) is 23.0 Å². The van der Waals surface area contributed by atoms with Gasteiger partial charge in [0.05, 0.1) is 37.1 Å². The number of esters is 1. The molecule has 1 amide bonds. The molecular formula is C39H35ClFN9O5. The predicted molar refractivity (Wildman–Crippen MR) is 201 cm³/mol. The van der Waals surface area contributed by atoms with E-state index in [1.807, 2.05) is 9.80 Å². The first-order valence-electron chi connectivity index (χ1n) is 17.7. The van der Waals surface area contributed by atoms with Crippen LogP contribution in [-0.4, -0.2) is 97.2 Å². The number of hydrogen-bond acceptors (Lipinski definition) is 13. The van der Waals surface area contributed by atoms with Crippen LogP contribution in [0.15, 0.2) is 55.0 Å². The molecule has 3 aliphatic rings. The van der Waals surface area contributed by atoms with E-state index in [0.717, 1.165) is 18.4 Å². The van der Waals surface area contributed by atoms with E-state index in [1.54, 1.807) is 56.6 Å². The van der Waals surface area contributed by atoms with E-state index >= 15 is 4.39 Å². The Morgan fingerprint density at radius 2 is 1.67 bits per heavy atom. The Morgan fingerprint density at radius 3 is 2.31 bits per heavy atom. The Kier molecular flexibility index (Phi) is 9.65. The molecule has 0 unspecified atom stereocenters. The van der Waals surface area contributed by atoms with Gasteiger partial charge in [0.2, 0.25) is 5.91 Å². The van der Waals surface area contributed by atoms with Crippen LogP contribution in [-0.2, 0) is 14.3 Å². The number of rotatable bonds is 9. The molecule has 0 radical (unpaired) electrons. The van der Waals surface area contributed by atoms with E-state index in [0.29, 0.717) is 77.7 Å². The summed E-state index contributed by atoms with van der Waals surface area (Å²) in [6.07, 6.45) is 12.5. The number of ether oxygens (including phenoxy) is 3. The third-order valence-corrected chi connectivity index (χ3v) is 10.0. The molecule has 6 heterocycles. The van der Waals surface area contributed by atoms with Gasteiger partial charge in [-0.3, -0.25) is 9.78 Å². The number of benzene rings is 1. The van der Waals surface area contributed by atoms with Crippen LogP contribution in [0, 0.1) is 19.7 Å². The van der Waals surface area contributed by atoms with Crippen molar-refractivity contribution in [1.29, 1.82) is 0 Å². The molecule has 0 bridgehead atoms. The summed E-state index contributed by atoms with van der Waals surface area (Å²) in [6.45, 7) is 5.32. The molecule has 2 aliphatic heterocycles. The maximum atomic E-state index is 16.9. The number of aromatic nitrogens is 7. The van der Waals surface area contributed by atoms with Crippen LogP contribution >= 0.6 is 11.6 Å². The molecule has 0 N–H and O–H groups in total. The molecular weight excluding hydrogens is 729 g/mol. The molecule has 55 heavy (non-hydrogen) atoms. The lowest BCUT2D eigenvalue weighted by atomic mass is 9.91. The zero-order valence-corrected chi connectivity index (χ0v) is 31.0. The molecule has 8 rings (SSSR count). The molecule has 2 saturated heterocycles. The van der Waals surface area contributed by atoms with Crippen LogP contribution in [0.3, 0.4) is 0 Å². The van der Waals surface area contributed by atoms with Crippen LogP contribution in [0.5, 0.6) is 11.8 Å². The molecule has 14 nitrogen and oxygen atoms in total. The summed E-state index contributed by atoms with van der Waals surface area (Å²) in [5, 5.41) is 0.700. The number of piperazine rings is 1. The smallest absolute Gasteiger partial charge is 0.336 e. The molecule has 4 aromatic heterocycles. The lowest BCUT2D eigenvalue weighted by molar-refractivity contribution is -0.164. The minimum Gasteiger partial charge on any atom is -0.467 e. The number of aryl methyl sites for hydroxylation is 2. The summed E-state index contributed by atoms with van der Waals surface area (Å²) >= 11 is 6.80. The number of anilines is 1. The van der Waals surface area contributed by atoms with Gasteiger partial charge in [0.15, 0.2) is 5.82 Å². The van der Waals surface area contributed by atoms with Crippen molar-refractivity contribution >= 4 is 52.4 Å². The van der Waals surface area contributed by atoms with Crippen molar-refractivity contribution in [2.45, 2.75) is 38.1 Å². The number of hydrogen-bond donors (Lipinski definition) is 0. The normalized spacial score (nSPS) is 16.6. The molecule has 16 heteroatoms. The lowest BCUT2D eigenvalue weighted by Crippen LogP contribution is -2.72. The topological polar surface area (TPSA) is 159 Å². The van der Waals surface area contributed by atoms with Gasteiger partial charge in [0.25, 0.3) is 0 Å². The number of carbonyl (C=O) groups excluding carboxylic acids is 2. The number of amides is 1. The Balaban J connectivity index is 1.10. The number of nitrogens with zero attached hydrogens (tertiary/aromatic N) is 9. The van der Waals surface area contributed by atoms with Crippen molar-refractivity contribution in [3.05, 3.63) is 94.4 Å². The highest BCUT2D eigenvalue weighted by Crippen LogP contribution is 2.49. The first kappa shape index (κ1) is 36.1. The molecule has 1 saturated carbocycles. The van der Waals surface area contributed by atoms with Crippen molar-refractivity contribution in [3.63, 3.8) is 0 Å². The summed E-state index contributed by atoms with van der Waals surface area (Å²) in [6, 6.07) is 6.50. The highest BCUT2D eigenvalue weighted by atomic mass is 35.5. The van der Waals surface area contributed by atoms with Crippen molar-refractivity contribution < 1.29 is 28.2 Å². The van der Waals surface area contributed by atoms with Gasteiger partial charge >= 0.3 is 12.0 Å². The van der Waals surface area contributed by atoms with Crippen LogP contribution in [0.4, 0.5) is 10.2 Å². The maximum absolute atomic E-state index is 16.9. The summed E-state index contributed by atoms with van der Waals surface area (Å²) in [7, 11) is 1.41. The zero-order chi connectivity index (χ0) is 38.3. The fourth-order valence-electron chi connectivity index (χ4n) is 6.95. The Bertz CT molecular complexity index is 2400. The summed E-state index contributed by atoms with van der Waals surface area (Å²) < 4.78 is 33.6. The Morgan fingerprint density at radius 1 is 0.964 bits per heavy atom. The van der Waals surface area contributed by atoms with Gasteiger partial charge < -0.3 is 24.0 Å². The number of halogens is 2. The molecule has 280 valence electrons. The van der Waals surface area contributed by atoms with Gasteiger partial charge in [-0.25, -0.2) is 29.1 Å². The summed E-state index contributed by atoms with van der Waals surface area (Å²) in [5.74, 6) is 0.268. The second kappa shape index (κ2) is 14.7. The van der Waals surface area contributed by atoms with Crippen LogP contribution < -0.4 is 14.4 Å². The first-order valence-corrected chi connectivity index (χ1v) is 18.0. The van der Waals surface area contributed by atoms with Gasteiger partial charge in [-0.2, -0.15) is 9.97 Å². The lowest BCUT2D eigenvalue weighted by Gasteiger charge is -2.55. The van der Waals surface area contributed by atoms with Gasteiger partial charge in [0, 0.05) is 61.0 Å². The Hall–Kier alpha value is -5.93. The van der Waals surface area contributed by atoms with E-state index in [1.165, 1.54) is 31.5 Å². The quantitative estimate of drug-likeness (QED) is 0.108. The fraction of sp³-hybridized carbons (Fsp3) is 0.308. The standard InChI is InChI=1S/C39H35ClFN9O5/c1-22-42-12-10-25(45-22)6-8-31(51)50-15-14-49(19-39(50)20-54-21-39)37-29-18-44-35(34(41)36(29)47-38(48-37)53-3)28-16-27(17-30(40)33(28)24-4-5-24)55-32(52)9-7-26-11-13-43-23(2)46-26/h6-13,16-18,24H,4-5,14-15,19-21H2,1-3H3/b8-6+,9-7+. The third-order valence-electron chi connectivity index (χ3n) is 9.73. The van der Waals surface area contributed by atoms with E-state index in [9.17, 15) is 9.59 Å². The molecule has 0 atom stereocenters. The average Bonchev–Trinajstić information content (AvgIpc) is 4.00. The molecule has 3 fully saturated rings. The highest BCUT2D eigenvalue weighted by Gasteiger charge is 2.50.